The molecule has 0 spiro atoms. The first-order valence-corrected chi connectivity index (χ1v) is 9.71. The number of benzene rings is 1. The molecule has 1 saturated heterocycles. The van der Waals surface area contributed by atoms with Crippen molar-refractivity contribution in [3.05, 3.63) is 29.8 Å². The van der Waals surface area contributed by atoms with Crippen molar-refractivity contribution >= 4 is 17.7 Å². The van der Waals surface area contributed by atoms with Crippen molar-refractivity contribution in [1.82, 2.24) is 10.6 Å². The Hall–Kier alpha value is -1.40. The van der Waals surface area contributed by atoms with Gasteiger partial charge in [-0.2, -0.15) is 11.8 Å². The fourth-order valence-corrected chi connectivity index (χ4v) is 3.66. The number of nitrogens with zero attached hydrogens (tertiary/aromatic N) is 1. The second-order valence-corrected chi connectivity index (χ2v) is 7.10. The van der Waals surface area contributed by atoms with Crippen molar-refractivity contribution in [3.63, 3.8) is 0 Å². The summed E-state index contributed by atoms with van der Waals surface area (Å²) < 4.78 is 10.6. The predicted octanol–water partition coefficient (Wildman–Crippen LogP) is 2.66. The molecule has 1 aliphatic heterocycles. The van der Waals surface area contributed by atoms with E-state index in [1.165, 1.54) is 24.2 Å². The van der Waals surface area contributed by atoms with Crippen LogP contribution >= 0.6 is 11.8 Å². The molecule has 0 radical (unpaired) electrons. The highest BCUT2D eigenvalue weighted by atomic mass is 32.2. The first kappa shape index (κ1) is 18.9. The van der Waals surface area contributed by atoms with Gasteiger partial charge in [0.15, 0.2) is 5.96 Å². The third-order valence-electron chi connectivity index (χ3n) is 3.76. The predicted molar refractivity (Wildman–Crippen MR) is 102 cm³/mol. The SMILES string of the molecule is CCNC(=NCc1ccc(OCCOC)cc1)NCC1CCCS1. The average molecular weight is 352 g/mol. The third kappa shape index (κ3) is 7.01. The molecule has 1 aliphatic rings. The van der Waals surface area contributed by atoms with Crippen LogP contribution in [0.25, 0.3) is 0 Å². The quantitative estimate of drug-likeness (QED) is 0.407. The maximum absolute atomic E-state index is 5.57. The second kappa shape index (κ2) is 11.2. The molecule has 0 amide bonds. The first-order valence-electron chi connectivity index (χ1n) is 8.66. The Morgan fingerprint density at radius 3 is 2.75 bits per heavy atom. The molecule has 134 valence electrons. The lowest BCUT2D eigenvalue weighted by Gasteiger charge is -2.14. The normalized spacial score (nSPS) is 17.8. The van der Waals surface area contributed by atoms with Crippen molar-refractivity contribution in [1.29, 1.82) is 0 Å². The summed E-state index contributed by atoms with van der Waals surface area (Å²) in [5.74, 6) is 3.05. The van der Waals surface area contributed by atoms with Gasteiger partial charge in [-0.3, -0.25) is 0 Å². The van der Waals surface area contributed by atoms with Crippen LogP contribution in [0.1, 0.15) is 25.3 Å². The molecule has 1 unspecified atom stereocenters. The Bertz CT molecular complexity index is 488. The van der Waals surface area contributed by atoms with Gasteiger partial charge < -0.3 is 20.1 Å². The lowest BCUT2D eigenvalue weighted by Crippen LogP contribution is -2.40. The van der Waals surface area contributed by atoms with Crippen molar-refractivity contribution in [2.24, 2.45) is 4.99 Å². The van der Waals surface area contributed by atoms with Gasteiger partial charge >= 0.3 is 0 Å². The van der Waals surface area contributed by atoms with Crippen molar-refractivity contribution < 1.29 is 9.47 Å². The molecular formula is C18H29N3O2S. The van der Waals surface area contributed by atoms with Crippen molar-refractivity contribution in [2.75, 3.05) is 39.2 Å². The molecule has 0 bridgehead atoms. The minimum atomic E-state index is 0.571. The zero-order valence-electron chi connectivity index (χ0n) is 14.7. The topological polar surface area (TPSA) is 54.9 Å². The summed E-state index contributed by atoms with van der Waals surface area (Å²) in [6.45, 7) is 5.78. The van der Waals surface area contributed by atoms with E-state index in [0.717, 1.165) is 30.0 Å². The number of guanidine groups is 1. The number of thioether (sulfide) groups is 1. The zero-order valence-corrected chi connectivity index (χ0v) is 15.5. The highest BCUT2D eigenvalue weighted by molar-refractivity contribution is 8.00. The molecule has 2 rings (SSSR count). The molecule has 24 heavy (non-hydrogen) atoms. The van der Waals surface area contributed by atoms with Crippen LogP contribution in [0, 0.1) is 0 Å². The molecule has 0 aliphatic carbocycles. The monoisotopic (exact) mass is 351 g/mol. The van der Waals surface area contributed by atoms with Crippen LogP contribution in [0.2, 0.25) is 0 Å². The van der Waals surface area contributed by atoms with Gasteiger partial charge in [0, 0.05) is 25.4 Å². The Morgan fingerprint density at radius 1 is 1.25 bits per heavy atom. The Labute approximate surface area is 149 Å². The van der Waals surface area contributed by atoms with Crippen LogP contribution in [0.5, 0.6) is 5.75 Å². The molecule has 1 heterocycles. The van der Waals surface area contributed by atoms with Gasteiger partial charge in [-0.25, -0.2) is 4.99 Å². The minimum Gasteiger partial charge on any atom is -0.491 e. The van der Waals surface area contributed by atoms with Crippen LogP contribution in [0.3, 0.4) is 0 Å². The lowest BCUT2D eigenvalue weighted by molar-refractivity contribution is 0.146. The highest BCUT2D eigenvalue weighted by Crippen LogP contribution is 2.25. The van der Waals surface area contributed by atoms with E-state index in [4.69, 9.17) is 9.47 Å². The van der Waals surface area contributed by atoms with Crippen molar-refractivity contribution in [3.8, 4) is 5.75 Å². The first-order chi connectivity index (χ1) is 11.8. The van der Waals surface area contributed by atoms with Gasteiger partial charge in [0.1, 0.15) is 12.4 Å². The maximum atomic E-state index is 5.57. The smallest absolute Gasteiger partial charge is 0.191 e. The van der Waals surface area contributed by atoms with Crippen LogP contribution < -0.4 is 15.4 Å². The Kier molecular flexibility index (Phi) is 8.84. The summed E-state index contributed by atoms with van der Waals surface area (Å²) in [4.78, 5) is 4.67. The van der Waals surface area contributed by atoms with Crippen LogP contribution in [0.4, 0.5) is 0 Å². The summed E-state index contributed by atoms with van der Waals surface area (Å²) >= 11 is 2.06. The molecule has 0 aromatic heterocycles. The van der Waals surface area contributed by atoms with E-state index in [1.807, 2.05) is 12.1 Å². The number of hydrogen-bond donors (Lipinski definition) is 2. The van der Waals surface area contributed by atoms with Gasteiger partial charge in [-0.1, -0.05) is 12.1 Å². The van der Waals surface area contributed by atoms with Gasteiger partial charge in [-0.05, 0) is 43.2 Å². The largest absolute Gasteiger partial charge is 0.491 e. The molecule has 5 nitrogen and oxygen atoms in total. The summed E-state index contributed by atoms with van der Waals surface area (Å²) in [6, 6.07) is 8.08. The van der Waals surface area contributed by atoms with Crippen LogP contribution in [0.15, 0.2) is 29.3 Å². The number of nitrogens with one attached hydrogen (secondary N) is 2. The molecule has 2 N–H and O–H groups in total. The summed E-state index contributed by atoms with van der Waals surface area (Å²) in [5, 5.41) is 7.49. The second-order valence-electron chi connectivity index (χ2n) is 5.70. The Morgan fingerprint density at radius 2 is 2.08 bits per heavy atom. The lowest BCUT2D eigenvalue weighted by atomic mass is 10.2. The van der Waals surface area contributed by atoms with Gasteiger partial charge in [0.2, 0.25) is 0 Å². The number of methoxy groups -OCH3 is 1. The van der Waals surface area contributed by atoms with Crippen LogP contribution in [-0.2, 0) is 11.3 Å². The number of rotatable bonds is 9. The molecule has 1 aromatic carbocycles. The summed E-state index contributed by atoms with van der Waals surface area (Å²) in [7, 11) is 1.67. The summed E-state index contributed by atoms with van der Waals surface area (Å²) in [5.41, 5.74) is 1.17. The fraction of sp³-hybridized carbons (Fsp3) is 0.611. The Balaban J connectivity index is 1.80. The van der Waals surface area contributed by atoms with E-state index in [0.29, 0.717) is 19.8 Å². The van der Waals surface area contributed by atoms with Gasteiger partial charge in [0.05, 0.1) is 13.2 Å². The number of aliphatic imine (C=N–C) groups is 1. The molecule has 6 heteroatoms. The maximum Gasteiger partial charge on any atom is 0.191 e. The van der Waals surface area contributed by atoms with E-state index < -0.39 is 0 Å². The van der Waals surface area contributed by atoms with E-state index in [1.54, 1.807) is 7.11 Å². The zero-order chi connectivity index (χ0) is 17.0. The van der Waals surface area contributed by atoms with Crippen molar-refractivity contribution in [2.45, 2.75) is 31.6 Å². The minimum absolute atomic E-state index is 0.571. The van der Waals surface area contributed by atoms with Crippen LogP contribution in [-0.4, -0.2) is 50.4 Å². The van der Waals surface area contributed by atoms with E-state index >= 15 is 0 Å². The third-order valence-corrected chi connectivity index (χ3v) is 5.16. The summed E-state index contributed by atoms with van der Waals surface area (Å²) in [6.07, 6.45) is 2.64. The molecule has 1 aromatic rings. The number of ether oxygens (including phenoxy) is 2. The molecule has 1 atom stereocenters. The molecular weight excluding hydrogens is 322 g/mol. The van der Waals surface area contributed by atoms with E-state index in [9.17, 15) is 0 Å². The molecule has 1 fully saturated rings. The molecule has 0 saturated carbocycles. The average Bonchev–Trinajstić information content (AvgIpc) is 3.12. The van der Waals surface area contributed by atoms with E-state index in [-0.39, 0.29) is 0 Å². The standard InChI is InChI=1S/C18H29N3O2S/c1-3-19-18(21-14-17-5-4-12-24-17)20-13-15-6-8-16(9-7-15)23-11-10-22-2/h6-9,17H,3-5,10-14H2,1-2H3,(H2,19,20,21). The van der Waals surface area contributed by atoms with E-state index in [2.05, 4.69) is 46.4 Å². The number of hydrogen-bond acceptors (Lipinski definition) is 4. The fourth-order valence-electron chi connectivity index (χ4n) is 2.46. The van der Waals surface area contributed by atoms with Gasteiger partial charge in [-0.15, -0.1) is 0 Å². The highest BCUT2D eigenvalue weighted by Gasteiger charge is 2.15. The van der Waals surface area contributed by atoms with Gasteiger partial charge in [0.25, 0.3) is 0 Å².